The summed E-state index contributed by atoms with van der Waals surface area (Å²) in [6.07, 6.45) is 0. The number of aromatic amines is 1. The van der Waals surface area contributed by atoms with Gasteiger partial charge in [-0.15, -0.1) is 0 Å². The van der Waals surface area contributed by atoms with Crippen molar-refractivity contribution < 1.29 is 13.9 Å². The maximum Gasteiger partial charge on any atom is 0.316 e. The van der Waals surface area contributed by atoms with Gasteiger partial charge in [-0.25, -0.2) is 4.39 Å². The summed E-state index contributed by atoms with van der Waals surface area (Å²) in [7, 11) is 0. The first-order valence-electron chi connectivity index (χ1n) is 8.17. The number of rotatable bonds is 1. The van der Waals surface area contributed by atoms with Gasteiger partial charge in [0.05, 0.1) is 16.2 Å². The lowest BCUT2D eigenvalue weighted by atomic mass is 9.78. The van der Waals surface area contributed by atoms with Crippen LogP contribution in [0.2, 0.25) is 0 Å². The van der Waals surface area contributed by atoms with E-state index < -0.39 is 5.92 Å². The zero-order valence-electron chi connectivity index (χ0n) is 13.6. The molecule has 0 bridgehead atoms. The van der Waals surface area contributed by atoms with E-state index in [-0.39, 0.29) is 27.8 Å². The lowest BCUT2D eigenvalue weighted by Gasteiger charge is -2.39. The fraction of sp³-hybridized carbons (Fsp3) is 0.158. The number of aromatic nitrogens is 1. The zero-order valence-corrected chi connectivity index (χ0v) is 16.8. The highest BCUT2D eigenvalue weighted by Gasteiger charge is 2.49. The third kappa shape index (κ3) is 2.78. The van der Waals surface area contributed by atoms with Gasteiger partial charge in [0, 0.05) is 20.8 Å². The molecule has 0 unspecified atom stereocenters. The molecule has 0 saturated carbocycles. The third-order valence-corrected chi connectivity index (χ3v) is 7.81. The molecule has 0 spiro atoms. The molecule has 0 aliphatic carbocycles. The molecule has 2 aliphatic rings. The monoisotopic (exact) mass is 463 g/mol. The highest BCUT2D eigenvalue weighted by atomic mass is 79.9. The van der Waals surface area contributed by atoms with Crippen LogP contribution < -0.4 is 9.61 Å². The Bertz CT molecular complexity index is 1120. The number of halogens is 2. The summed E-state index contributed by atoms with van der Waals surface area (Å²) in [5.41, 5.74) is 1.70. The van der Waals surface area contributed by atoms with E-state index in [4.69, 9.17) is 4.74 Å². The lowest BCUT2D eigenvalue weighted by Crippen LogP contribution is -2.37. The summed E-state index contributed by atoms with van der Waals surface area (Å²) in [6, 6.07) is 11.7. The van der Waals surface area contributed by atoms with Crippen LogP contribution in [0.15, 0.2) is 56.8 Å². The summed E-state index contributed by atoms with van der Waals surface area (Å²) in [5, 5.41) is 0.481. The fourth-order valence-electron chi connectivity index (χ4n) is 3.71. The van der Waals surface area contributed by atoms with Crippen LogP contribution in [0, 0.1) is 11.7 Å². The molecule has 3 atom stereocenters. The first-order valence-corrected chi connectivity index (χ1v) is 10.7. The van der Waals surface area contributed by atoms with Crippen molar-refractivity contribution in [2.45, 2.75) is 16.2 Å². The van der Waals surface area contributed by atoms with E-state index in [0.717, 1.165) is 36.8 Å². The SMILES string of the molecule is O=C1Oc2ccc(Br)cc2[C@@H]2c3sc(=O)[nH]c3S[C@@H](c3ccc(F)cc3)[C@@H]12. The van der Waals surface area contributed by atoms with Crippen LogP contribution >= 0.6 is 39.0 Å². The summed E-state index contributed by atoms with van der Waals surface area (Å²) in [5.74, 6) is -0.930. The molecule has 2 aliphatic heterocycles. The van der Waals surface area contributed by atoms with Crippen molar-refractivity contribution in [3.8, 4) is 5.75 Å². The minimum absolute atomic E-state index is 0.151. The number of esters is 1. The summed E-state index contributed by atoms with van der Waals surface area (Å²) < 4.78 is 19.9. The minimum atomic E-state index is -0.499. The Morgan fingerprint density at radius 3 is 2.67 bits per heavy atom. The zero-order chi connectivity index (χ0) is 18.7. The number of hydrogen-bond donors (Lipinski definition) is 1. The molecule has 3 heterocycles. The van der Waals surface area contributed by atoms with Gasteiger partial charge in [0.2, 0.25) is 0 Å². The maximum atomic E-state index is 13.4. The van der Waals surface area contributed by atoms with Crippen molar-refractivity contribution in [1.29, 1.82) is 0 Å². The standard InChI is InChI=1S/C19H11BrFNO3S2/c20-9-3-6-12-11(7-9)13-14(18(23)25-12)15(8-1-4-10(21)5-2-8)26-17-16(13)27-19(24)22-17/h1-7,13-15H,(H,22,24)/t13-,14-,15-/m0/s1. The van der Waals surface area contributed by atoms with E-state index in [2.05, 4.69) is 20.9 Å². The number of H-pyrrole nitrogens is 1. The van der Waals surface area contributed by atoms with Crippen molar-refractivity contribution >= 4 is 45.0 Å². The first kappa shape index (κ1) is 17.2. The van der Waals surface area contributed by atoms with Gasteiger partial charge in [0.15, 0.2) is 0 Å². The number of carbonyl (C=O) groups is 1. The maximum absolute atomic E-state index is 13.4. The highest BCUT2D eigenvalue weighted by molar-refractivity contribution is 9.10. The van der Waals surface area contributed by atoms with E-state index in [0.29, 0.717) is 5.75 Å². The number of hydrogen-bond acceptors (Lipinski definition) is 5. The molecular weight excluding hydrogens is 453 g/mol. The van der Waals surface area contributed by atoms with Crippen LogP contribution in [0.4, 0.5) is 4.39 Å². The molecule has 4 nitrogen and oxygen atoms in total. The van der Waals surface area contributed by atoms with E-state index in [1.807, 2.05) is 12.1 Å². The number of ether oxygens (including phenoxy) is 1. The van der Waals surface area contributed by atoms with Crippen molar-refractivity contribution in [1.82, 2.24) is 4.98 Å². The fourth-order valence-corrected chi connectivity index (χ4v) is 6.68. The number of benzene rings is 2. The molecule has 1 N–H and O–H groups in total. The smallest absolute Gasteiger partial charge is 0.316 e. The molecular formula is C19H11BrFNO3S2. The number of thioether (sulfide) groups is 1. The molecule has 8 heteroatoms. The predicted octanol–water partition coefficient (Wildman–Crippen LogP) is 4.85. The van der Waals surface area contributed by atoms with Crippen LogP contribution in [0.5, 0.6) is 5.75 Å². The Labute approximate surface area is 169 Å². The van der Waals surface area contributed by atoms with Crippen molar-refractivity contribution in [2.24, 2.45) is 5.92 Å². The summed E-state index contributed by atoms with van der Waals surface area (Å²) in [6.45, 7) is 0. The molecule has 0 radical (unpaired) electrons. The van der Waals surface area contributed by atoms with Gasteiger partial charge in [0.1, 0.15) is 11.6 Å². The van der Waals surface area contributed by atoms with Gasteiger partial charge in [-0.05, 0) is 35.9 Å². The van der Waals surface area contributed by atoms with Gasteiger partial charge in [0.25, 0.3) is 0 Å². The number of nitrogens with one attached hydrogen (secondary N) is 1. The van der Waals surface area contributed by atoms with Gasteiger partial charge in [-0.1, -0.05) is 51.2 Å². The lowest BCUT2D eigenvalue weighted by molar-refractivity contribution is -0.140. The molecule has 0 fully saturated rings. The Balaban J connectivity index is 1.74. The van der Waals surface area contributed by atoms with E-state index >= 15 is 0 Å². The Kier molecular flexibility index (Phi) is 4.03. The normalized spacial score (nSPS) is 23.2. The summed E-state index contributed by atoms with van der Waals surface area (Å²) in [4.78, 5) is 28.6. The first-order chi connectivity index (χ1) is 13.0. The van der Waals surface area contributed by atoms with Gasteiger partial charge in [-0.2, -0.15) is 0 Å². The molecule has 0 amide bonds. The number of fused-ring (bicyclic) bond motifs is 5. The predicted molar refractivity (Wildman–Crippen MR) is 105 cm³/mol. The Hall–Kier alpha value is -1.90. The molecule has 1 aromatic heterocycles. The number of carbonyl (C=O) groups excluding carboxylic acids is 1. The Morgan fingerprint density at radius 1 is 1.11 bits per heavy atom. The van der Waals surface area contributed by atoms with Gasteiger partial charge >= 0.3 is 10.8 Å². The molecule has 2 aromatic carbocycles. The second-order valence-electron chi connectivity index (χ2n) is 6.40. The average molecular weight is 464 g/mol. The summed E-state index contributed by atoms with van der Waals surface area (Å²) >= 11 is 6.04. The second-order valence-corrected chi connectivity index (χ2v) is 9.49. The van der Waals surface area contributed by atoms with Crippen LogP contribution in [0.25, 0.3) is 0 Å². The third-order valence-electron chi connectivity index (χ3n) is 4.84. The largest absolute Gasteiger partial charge is 0.426 e. The topological polar surface area (TPSA) is 59.2 Å². The van der Waals surface area contributed by atoms with Crippen molar-refractivity contribution in [2.75, 3.05) is 0 Å². The molecule has 3 aromatic rings. The van der Waals surface area contributed by atoms with E-state index in [9.17, 15) is 14.0 Å². The van der Waals surface area contributed by atoms with E-state index in [1.54, 1.807) is 18.2 Å². The van der Waals surface area contributed by atoms with Crippen LogP contribution in [-0.2, 0) is 4.79 Å². The molecule has 0 saturated heterocycles. The quantitative estimate of drug-likeness (QED) is 0.413. The average Bonchev–Trinajstić information content (AvgIpc) is 3.02. The molecule has 27 heavy (non-hydrogen) atoms. The van der Waals surface area contributed by atoms with Crippen molar-refractivity contribution in [3.63, 3.8) is 0 Å². The Morgan fingerprint density at radius 2 is 1.89 bits per heavy atom. The number of thiazole rings is 1. The minimum Gasteiger partial charge on any atom is -0.426 e. The van der Waals surface area contributed by atoms with Crippen molar-refractivity contribution in [3.05, 3.63) is 78.4 Å². The van der Waals surface area contributed by atoms with Crippen LogP contribution in [-0.4, -0.2) is 11.0 Å². The second kappa shape index (κ2) is 6.32. The molecule has 5 rings (SSSR count). The van der Waals surface area contributed by atoms with Crippen LogP contribution in [0.3, 0.4) is 0 Å². The highest BCUT2D eigenvalue weighted by Crippen LogP contribution is 2.58. The van der Waals surface area contributed by atoms with Gasteiger partial charge in [-0.3, -0.25) is 9.59 Å². The van der Waals surface area contributed by atoms with Gasteiger partial charge < -0.3 is 9.72 Å². The molecule has 136 valence electrons. The van der Waals surface area contributed by atoms with Crippen LogP contribution in [0.1, 0.15) is 27.2 Å². The van der Waals surface area contributed by atoms with E-state index in [1.165, 1.54) is 23.9 Å².